The van der Waals surface area contributed by atoms with Gasteiger partial charge in [0.15, 0.2) is 0 Å². The second kappa shape index (κ2) is 7.90. The third-order valence-corrected chi connectivity index (χ3v) is 3.89. The van der Waals surface area contributed by atoms with Gasteiger partial charge < -0.3 is 20.5 Å². The first kappa shape index (κ1) is 16.4. The quantitative estimate of drug-likeness (QED) is 0.814. The number of nitrogens with zero attached hydrogens (tertiary/aromatic N) is 1. The van der Waals surface area contributed by atoms with E-state index < -0.39 is 5.91 Å². The molecule has 6 nitrogen and oxygen atoms in total. The fourth-order valence-corrected chi connectivity index (χ4v) is 2.57. The average Bonchev–Trinajstić information content (AvgIpc) is 3.10. The molecular formula is C18H21N3O3. The van der Waals surface area contributed by atoms with Gasteiger partial charge in [0.05, 0.1) is 11.7 Å². The summed E-state index contributed by atoms with van der Waals surface area (Å²) in [6.45, 7) is 2.56. The monoisotopic (exact) mass is 327 g/mol. The summed E-state index contributed by atoms with van der Waals surface area (Å²) in [6, 6.07) is 11.0. The number of hydrogen-bond acceptors (Lipinski definition) is 5. The lowest BCUT2D eigenvalue weighted by Gasteiger charge is -2.11. The molecule has 0 saturated carbocycles. The van der Waals surface area contributed by atoms with Crippen molar-refractivity contribution in [3.05, 3.63) is 53.7 Å². The second-order valence-corrected chi connectivity index (χ2v) is 5.76. The van der Waals surface area contributed by atoms with Gasteiger partial charge >= 0.3 is 0 Å². The zero-order chi connectivity index (χ0) is 16.8. The Morgan fingerprint density at radius 3 is 2.75 bits per heavy atom. The number of carbonyl (C=O) groups is 1. The Morgan fingerprint density at radius 2 is 2.12 bits per heavy atom. The molecule has 0 aliphatic carbocycles. The Labute approximate surface area is 141 Å². The van der Waals surface area contributed by atoms with E-state index in [9.17, 15) is 4.79 Å². The van der Waals surface area contributed by atoms with Crippen LogP contribution in [0.5, 0.6) is 11.6 Å². The number of ether oxygens (including phenoxy) is 2. The van der Waals surface area contributed by atoms with Crippen LogP contribution < -0.4 is 15.8 Å². The molecule has 2 aromatic rings. The van der Waals surface area contributed by atoms with E-state index in [-0.39, 0.29) is 0 Å². The molecule has 0 bridgehead atoms. The van der Waals surface area contributed by atoms with Crippen molar-refractivity contribution in [2.45, 2.75) is 25.5 Å². The van der Waals surface area contributed by atoms with Gasteiger partial charge in [-0.3, -0.25) is 4.79 Å². The van der Waals surface area contributed by atoms with E-state index in [1.54, 1.807) is 12.1 Å². The molecule has 2 heterocycles. The fourth-order valence-electron chi connectivity index (χ4n) is 2.57. The first-order valence-electron chi connectivity index (χ1n) is 8.06. The van der Waals surface area contributed by atoms with Crippen molar-refractivity contribution < 1.29 is 14.3 Å². The van der Waals surface area contributed by atoms with Crippen LogP contribution in [0.1, 0.15) is 28.8 Å². The van der Waals surface area contributed by atoms with Crippen LogP contribution in [0.25, 0.3) is 0 Å². The summed E-state index contributed by atoms with van der Waals surface area (Å²) in [5.41, 5.74) is 6.71. The largest absolute Gasteiger partial charge is 0.439 e. The third-order valence-electron chi connectivity index (χ3n) is 3.89. The number of aromatic nitrogens is 1. The predicted molar refractivity (Wildman–Crippen MR) is 90.0 cm³/mol. The van der Waals surface area contributed by atoms with Crippen LogP contribution in [0, 0.1) is 0 Å². The third kappa shape index (κ3) is 4.53. The molecular weight excluding hydrogens is 306 g/mol. The van der Waals surface area contributed by atoms with E-state index in [4.69, 9.17) is 15.2 Å². The first-order chi connectivity index (χ1) is 11.7. The van der Waals surface area contributed by atoms with E-state index in [2.05, 4.69) is 10.3 Å². The van der Waals surface area contributed by atoms with Crippen LogP contribution in [0.3, 0.4) is 0 Å². The summed E-state index contributed by atoms with van der Waals surface area (Å²) < 4.78 is 11.2. The van der Waals surface area contributed by atoms with E-state index in [0.717, 1.165) is 32.5 Å². The lowest BCUT2D eigenvalue weighted by atomic mass is 10.2. The van der Waals surface area contributed by atoms with E-state index in [1.165, 1.54) is 11.8 Å². The van der Waals surface area contributed by atoms with Crippen LogP contribution in [0.4, 0.5) is 0 Å². The Kier molecular flexibility index (Phi) is 5.40. The first-order valence-corrected chi connectivity index (χ1v) is 8.06. The number of rotatable bonds is 7. The molecule has 6 heteroatoms. The number of carbonyl (C=O) groups excluding carboxylic acids is 1. The van der Waals surface area contributed by atoms with Crippen LogP contribution in [0.15, 0.2) is 42.6 Å². The van der Waals surface area contributed by atoms with Crippen molar-refractivity contribution in [2.75, 3.05) is 13.2 Å². The van der Waals surface area contributed by atoms with Gasteiger partial charge in [0, 0.05) is 32.0 Å². The molecule has 1 fully saturated rings. The average molecular weight is 327 g/mol. The normalized spacial score (nSPS) is 16.9. The number of primary amides is 1. The topological polar surface area (TPSA) is 86.5 Å². The Hall–Kier alpha value is -2.44. The number of benzene rings is 1. The Bertz CT molecular complexity index is 665. The Morgan fingerprint density at radius 1 is 1.29 bits per heavy atom. The van der Waals surface area contributed by atoms with Gasteiger partial charge in [-0.05, 0) is 36.6 Å². The highest BCUT2D eigenvalue weighted by molar-refractivity contribution is 5.92. The van der Waals surface area contributed by atoms with Crippen molar-refractivity contribution in [3.63, 3.8) is 0 Å². The molecule has 1 amide bonds. The number of nitrogens with one attached hydrogen (secondary N) is 1. The minimum atomic E-state index is -0.506. The standard InChI is InChI=1S/C18H21N3O3/c19-18(22)14-5-8-17(21-11-14)24-15-6-3-13(4-7-15)10-20-12-16-2-1-9-23-16/h3-8,11,16,20H,1-2,9-10,12H2,(H2,19,22). The van der Waals surface area contributed by atoms with Gasteiger partial charge in [0.1, 0.15) is 5.75 Å². The molecule has 3 N–H and O–H groups in total. The molecule has 0 spiro atoms. The molecule has 1 aromatic carbocycles. The number of amides is 1. The molecule has 1 aliphatic rings. The summed E-state index contributed by atoms with van der Waals surface area (Å²) in [5, 5.41) is 3.41. The van der Waals surface area contributed by atoms with Crippen LogP contribution in [-0.4, -0.2) is 30.1 Å². The minimum absolute atomic E-state index is 0.349. The zero-order valence-corrected chi connectivity index (χ0v) is 13.4. The summed E-state index contributed by atoms with van der Waals surface area (Å²) >= 11 is 0. The van der Waals surface area contributed by atoms with Gasteiger partial charge in [-0.15, -0.1) is 0 Å². The second-order valence-electron chi connectivity index (χ2n) is 5.76. The van der Waals surface area contributed by atoms with Crippen LogP contribution in [0.2, 0.25) is 0 Å². The fraction of sp³-hybridized carbons (Fsp3) is 0.333. The molecule has 1 aromatic heterocycles. The van der Waals surface area contributed by atoms with Crippen molar-refractivity contribution in [1.29, 1.82) is 0 Å². The molecule has 1 aliphatic heterocycles. The summed E-state index contributed by atoms with van der Waals surface area (Å²) in [4.78, 5) is 15.1. The highest BCUT2D eigenvalue weighted by Crippen LogP contribution is 2.20. The lowest BCUT2D eigenvalue weighted by Crippen LogP contribution is -2.25. The maximum Gasteiger partial charge on any atom is 0.250 e. The van der Waals surface area contributed by atoms with E-state index in [0.29, 0.717) is 23.3 Å². The highest BCUT2D eigenvalue weighted by atomic mass is 16.5. The van der Waals surface area contributed by atoms with Gasteiger partial charge in [-0.1, -0.05) is 12.1 Å². The van der Waals surface area contributed by atoms with Gasteiger partial charge in [0.25, 0.3) is 0 Å². The molecule has 24 heavy (non-hydrogen) atoms. The number of hydrogen-bond donors (Lipinski definition) is 2. The predicted octanol–water partition coefficient (Wildman–Crippen LogP) is 2.24. The highest BCUT2D eigenvalue weighted by Gasteiger charge is 2.14. The van der Waals surface area contributed by atoms with Crippen molar-refractivity contribution in [1.82, 2.24) is 10.3 Å². The maximum absolute atomic E-state index is 11.0. The summed E-state index contributed by atoms with van der Waals surface area (Å²) in [5.74, 6) is 0.607. The van der Waals surface area contributed by atoms with Gasteiger partial charge in [-0.2, -0.15) is 0 Å². The Balaban J connectivity index is 1.49. The molecule has 1 saturated heterocycles. The van der Waals surface area contributed by atoms with Crippen molar-refractivity contribution in [3.8, 4) is 11.6 Å². The molecule has 126 valence electrons. The van der Waals surface area contributed by atoms with Crippen LogP contribution >= 0.6 is 0 Å². The van der Waals surface area contributed by atoms with Crippen LogP contribution in [-0.2, 0) is 11.3 Å². The summed E-state index contributed by atoms with van der Waals surface area (Å²) in [7, 11) is 0. The maximum atomic E-state index is 11.0. The van der Waals surface area contributed by atoms with Gasteiger partial charge in [0.2, 0.25) is 11.8 Å². The number of pyridine rings is 1. The van der Waals surface area contributed by atoms with Gasteiger partial charge in [-0.25, -0.2) is 4.98 Å². The molecule has 1 unspecified atom stereocenters. The van der Waals surface area contributed by atoms with E-state index >= 15 is 0 Å². The van der Waals surface area contributed by atoms with Crippen molar-refractivity contribution >= 4 is 5.91 Å². The molecule has 1 atom stereocenters. The SMILES string of the molecule is NC(=O)c1ccc(Oc2ccc(CNCC3CCCO3)cc2)nc1. The lowest BCUT2D eigenvalue weighted by molar-refractivity contribution is 0.1000. The smallest absolute Gasteiger partial charge is 0.250 e. The molecule has 3 rings (SSSR count). The minimum Gasteiger partial charge on any atom is -0.439 e. The molecule has 0 radical (unpaired) electrons. The van der Waals surface area contributed by atoms with Crippen molar-refractivity contribution in [2.24, 2.45) is 5.73 Å². The zero-order valence-electron chi connectivity index (χ0n) is 13.4. The number of nitrogens with two attached hydrogens (primary N) is 1. The van der Waals surface area contributed by atoms with E-state index in [1.807, 2.05) is 24.3 Å². The summed E-state index contributed by atoms with van der Waals surface area (Å²) in [6.07, 6.45) is 4.05.